The lowest BCUT2D eigenvalue weighted by atomic mass is 10.2. The first kappa shape index (κ1) is 18.6. The molecular weight excluding hydrogens is 340 g/mol. The van der Waals surface area contributed by atoms with Gasteiger partial charge in [0.1, 0.15) is 0 Å². The van der Waals surface area contributed by atoms with Crippen LogP contribution in [0.4, 0.5) is 0 Å². The Hall–Kier alpha value is -3.15. The van der Waals surface area contributed by atoms with Crippen molar-refractivity contribution in [2.24, 2.45) is 0 Å². The minimum atomic E-state index is -0.266. The van der Waals surface area contributed by atoms with Crippen LogP contribution < -0.4 is 5.32 Å². The first-order valence-corrected chi connectivity index (χ1v) is 9.08. The lowest BCUT2D eigenvalue weighted by molar-refractivity contribution is 0.0772. The smallest absolute Gasteiger partial charge is 0.290 e. The number of nitrogens with one attached hydrogen (secondary N) is 1. The maximum absolute atomic E-state index is 13.0. The minimum Gasteiger partial charge on any atom is -0.348 e. The van der Waals surface area contributed by atoms with Crippen molar-refractivity contribution in [3.63, 3.8) is 0 Å². The van der Waals surface area contributed by atoms with Crippen molar-refractivity contribution < 1.29 is 9.59 Å². The Balaban J connectivity index is 1.92. The molecule has 6 heteroatoms. The van der Waals surface area contributed by atoms with Crippen molar-refractivity contribution in [3.8, 4) is 0 Å². The summed E-state index contributed by atoms with van der Waals surface area (Å²) in [4.78, 5) is 31.6. The third-order valence-corrected chi connectivity index (χ3v) is 4.55. The van der Waals surface area contributed by atoms with Crippen molar-refractivity contribution in [3.05, 3.63) is 71.8 Å². The topological polar surface area (TPSA) is 66.7 Å². The highest BCUT2D eigenvalue weighted by molar-refractivity contribution is 6.02. The highest BCUT2D eigenvalue weighted by Crippen LogP contribution is 2.16. The van der Waals surface area contributed by atoms with E-state index in [0.717, 1.165) is 12.0 Å². The molecule has 2 heterocycles. The van der Waals surface area contributed by atoms with Crippen LogP contribution in [0.15, 0.2) is 54.7 Å². The number of nitrogens with zero attached hydrogens (tertiary/aromatic N) is 3. The van der Waals surface area contributed by atoms with Crippen LogP contribution in [0, 0.1) is 0 Å². The molecule has 2 amide bonds. The van der Waals surface area contributed by atoms with Gasteiger partial charge in [-0.2, -0.15) is 0 Å². The van der Waals surface area contributed by atoms with E-state index < -0.39 is 0 Å². The zero-order valence-electron chi connectivity index (χ0n) is 15.8. The van der Waals surface area contributed by atoms with Gasteiger partial charge in [0, 0.05) is 25.8 Å². The molecule has 2 aromatic heterocycles. The maximum atomic E-state index is 13.0. The summed E-state index contributed by atoms with van der Waals surface area (Å²) in [5.74, 6) is -0.265. The number of carbonyl (C=O) groups excluding carboxylic acids is 2. The summed E-state index contributed by atoms with van der Waals surface area (Å²) >= 11 is 0. The van der Waals surface area contributed by atoms with Gasteiger partial charge in [0.05, 0.1) is 5.52 Å². The molecule has 0 aliphatic carbocycles. The largest absolute Gasteiger partial charge is 0.348 e. The summed E-state index contributed by atoms with van der Waals surface area (Å²) in [6, 6.07) is 15.3. The standard InChI is InChI=1S/C21H24N4O2/c1-4-15(2)22-20(26)18-17-12-8-9-13-25(17)19(23-18)21(27)24(3)14-16-10-6-5-7-11-16/h5-13,15H,4,14H2,1-3H3,(H,22,26). The monoisotopic (exact) mass is 364 g/mol. The summed E-state index contributed by atoms with van der Waals surface area (Å²) in [5.41, 5.74) is 1.92. The van der Waals surface area contributed by atoms with Crippen LogP contribution >= 0.6 is 0 Å². The number of imidazole rings is 1. The number of benzene rings is 1. The molecule has 6 nitrogen and oxygen atoms in total. The number of fused-ring (bicyclic) bond motifs is 1. The average Bonchev–Trinajstić information content (AvgIpc) is 3.07. The molecule has 1 N–H and O–H groups in total. The van der Waals surface area contributed by atoms with Crippen molar-refractivity contribution in [1.82, 2.24) is 19.6 Å². The maximum Gasteiger partial charge on any atom is 0.290 e. The summed E-state index contributed by atoms with van der Waals surface area (Å²) in [7, 11) is 1.73. The molecule has 1 aromatic carbocycles. The molecule has 0 fully saturated rings. The van der Waals surface area contributed by atoms with Gasteiger partial charge in [-0.3, -0.25) is 14.0 Å². The summed E-state index contributed by atoms with van der Waals surface area (Å²) in [5, 5.41) is 2.92. The number of hydrogen-bond donors (Lipinski definition) is 1. The fourth-order valence-corrected chi connectivity index (χ4v) is 2.85. The van der Waals surface area contributed by atoms with E-state index in [-0.39, 0.29) is 29.4 Å². The molecule has 0 saturated carbocycles. The summed E-state index contributed by atoms with van der Waals surface area (Å²) in [6.45, 7) is 4.41. The summed E-state index contributed by atoms with van der Waals surface area (Å²) in [6.07, 6.45) is 2.58. The number of pyridine rings is 1. The van der Waals surface area contributed by atoms with Gasteiger partial charge in [0.15, 0.2) is 5.69 Å². The predicted molar refractivity (Wildman–Crippen MR) is 105 cm³/mol. The fourth-order valence-electron chi connectivity index (χ4n) is 2.85. The second kappa shape index (κ2) is 8.03. The normalized spacial score (nSPS) is 12.0. The third kappa shape index (κ3) is 4.00. The number of amides is 2. The molecule has 1 unspecified atom stereocenters. The summed E-state index contributed by atoms with van der Waals surface area (Å²) < 4.78 is 1.68. The zero-order chi connectivity index (χ0) is 19.4. The van der Waals surface area contributed by atoms with Crippen LogP contribution in [-0.2, 0) is 6.54 Å². The lowest BCUT2D eigenvalue weighted by Crippen LogP contribution is -2.32. The highest BCUT2D eigenvalue weighted by atomic mass is 16.2. The molecule has 0 aliphatic rings. The van der Waals surface area contributed by atoms with Gasteiger partial charge in [-0.1, -0.05) is 43.3 Å². The second-order valence-electron chi connectivity index (χ2n) is 6.67. The van der Waals surface area contributed by atoms with Crippen molar-refractivity contribution in [2.45, 2.75) is 32.9 Å². The van der Waals surface area contributed by atoms with Gasteiger partial charge in [-0.05, 0) is 31.0 Å². The molecule has 0 aliphatic heterocycles. The number of aromatic nitrogens is 2. The molecule has 140 valence electrons. The molecule has 0 saturated heterocycles. The van der Waals surface area contributed by atoms with Crippen LogP contribution in [0.25, 0.3) is 5.52 Å². The number of rotatable bonds is 6. The van der Waals surface area contributed by atoms with Crippen LogP contribution in [0.1, 0.15) is 46.9 Å². The van der Waals surface area contributed by atoms with Gasteiger partial charge < -0.3 is 10.2 Å². The molecule has 0 radical (unpaired) electrons. The lowest BCUT2D eigenvalue weighted by Gasteiger charge is -2.16. The molecule has 0 spiro atoms. The molecule has 1 atom stereocenters. The molecule has 0 bridgehead atoms. The third-order valence-electron chi connectivity index (χ3n) is 4.55. The van der Waals surface area contributed by atoms with Gasteiger partial charge in [0.2, 0.25) is 5.82 Å². The Morgan fingerprint density at radius 1 is 1.15 bits per heavy atom. The van der Waals surface area contributed by atoms with Gasteiger partial charge in [0.25, 0.3) is 11.8 Å². The van der Waals surface area contributed by atoms with Gasteiger partial charge in [-0.25, -0.2) is 4.98 Å². The van der Waals surface area contributed by atoms with E-state index >= 15 is 0 Å². The Bertz CT molecular complexity index is 949. The molecular formula is C21H24N4O2. The van der Waals surface area contributed by atoms with E-state index in [2.05, 4.69) is 10.3 Å². The van der Waals surface area contributed by atoms with E-state index in [4.69, 9.17) is 0 Å². The number of carbonyl (C=O) groups is 2. The Labute approximate surface area is 158 Å². The van der Waals surface area contributed by atoms with E-state index in [1.165, 1.54) is 0 Å². The van der Waals surface area contributed by atoms with E-state index in [0.29, 0.717) is 12.1 Å². The highest BCUT2D eigenvalue weighted by Gasteiger charge is 2.24. The van der Waals surface area contributed by atoms with Crippen molar-refractivity contribution in [2.75, 3.05) is 7.05 Å². The SMILES string of the molecule is CCC(C)NC(=O)c1nc(C(=O)N(C)Cc2ccccc2)n2ccccc12. The van der Waals surface area contributed by atoms with Crippen molar-refractivity contribution >= 4 is 17.3 Å². The Morgan fingerprint density at radius 2 is 1.85 bits per heavy atom. The van der Waals surface area contributed by atoms with Crippen LogP contribution in [-0.4, -0.2) is 39.2 Å². The Kier molecular flexibility index (Phi) is 5.54. The molecule has 3 rings (SSSR count). The van der Waals surface area contributed by atoms with E-state index in [9.17, 15) is 9.59 Å². The van der Waals surface area contributed by atoms with Crippen LogP contribution in [0.2, 0.25) is 0 Å². The first-order chi connectivity index (χ1) is 13.0. The van der Waals surface area contributed by atoms with Crippen LogP contribution in [0.5, 0.6) is 0 Å². The van der Waals surface area contributed by atoms with E-state index in [1.54, 1.807) is 28.6 Å². The minimum absolute atomic E-state index is 0.0397. The number of hydrogen-bond acceptors (Lipinski definition) is 3. The van der Waals surface area contributed by atoms with Crippen LogP contribution in [0.3, 0.4) is 0 Å². The Morgan fingerprint density at radius 3 is 2.56 bits per heavy atom. The first-order valence-electron chi connectivity index (χ1n) is 9.08. The quantitative estimate of drug-likeness (QED) is 0.731. The van der Waals surface area contributed by atoms with Gasteiger partial charge in [-0.15, -0.1) is 0 Å². The average molecular weight is 364 g/mol. The predicted octanol–water partition coefficient (Wildman–Crippen LogP) is 3.13. The second-order valence-corrected chi connectivity index (χ2v) is 6.67. The molecule has 3 aromatic rings. The van der Waals surface area contributed by atoms with Gasteiger partial charge >= 0.3 is 0 Å². The zero-order valence-corrected chi connectivity index (χ0v) is 15.8. The fraction of sp³-hybridized carbons (Fsp3) is 0.286. The van der Waals surface area contributed by atoms with Crippen molar-refractivity contribution in [1.29, 1.82) is 0 Å². The molecule has 27 heavy (non-hydrogen) atoms. The van der Waals surface area contributed by atoms with E-state index in [1.807, 2.05) is 56.3 Å².